The molecule has 0 aliphatic carbocycles. The van der Waals surface area contributed by atoms with Gasteiger partial charge in [0.25, 0.3) is 5.91 Å². The normalized spacial score (nSPS) is 18.1. The Morgan fingerprint density at radius 1 is 1.33 bits per heavy atom. The van der Waals surface area contributed by atoms with Crippen LogP contribution in [-0.4, -0.2) is 49.3 Å². The number of hydrogen-bond donors (Lipinski definition) is 1. The molecule has 1 fully saturated rings. The molecule has 1 aliphatic rings. The lowest BCUT2D eigenvalue weighted by Gasteiger charge is -2.16. The summed E-state index contributed by atoms with van der Waals surface area (Å²) in [4.78, 5) is 25.2. The fraction of sp³-hybridized carbons (Fsp3) is 0.357. The van der Waals surface area contributed by atoms with E-state index < -0.39 is 11.9 Å². The van der Waals surface area contributed by atoms with E-state index in [1.807, 2.05) is 29.1 Å². The van der Waals surface area contributed by atoms with Crippen LogP contribution in [0.2, 0.25) is 0 Å². The Hall–Kier alpha value is -2.57. The third kappa shape index (κ3) is 2.31. The van der Waals surface area contributed by atoms with Gasteiger partial charge in [0.05, 0.1) is 12.1 Å². The molecule has 110 valence electrons. The second kappa shape index (κ2) is 5.08. The van der Waals surface area contributed by atoms with Crippen LogP contribution in [0.4, 0.5) is 0 Å². The maximum absolute atomic E-state index is 12.6. The van der Waals surface area contributed by atoms with Gasteiger partial charge in [-0.25, -0.2) is 0 Å². The third-order valence-corrected chi connectivity index (χ3v) is 3.81. The van der Waals surface area contributed by atoms with E-state index in [-0.39, 0.29) is 12.5 Å². The predicted molar refractivity (Wildman–Crippen MR) is 74.2 cm³/mol. The summed E-state index contributed by atoms with van der Waals surface area (Å²) in [5.74, 6) is -0.804. The SMILES string of the molecule is Cn1ncc(C(=O)N2CCC(C(=O)O)C2)c1-n1cccc1. The molecule has 2 aromatic rings. The zero-order chi connectivity index (χ0) is 15.0. The minimum Gasteiger partial charge on any atom is -0.481 e. The van der Waals surface area contributed by atoms with Gasteiger partial charge in [0.15, 0.2) is 0 Å². The fourth-order valence-electron chi connectivity index (χ4n) is 2.68. The minimum absolute atomic E-state index is 0.171. The van der Waals surface area contributed by atoms with Gasteiger partial charge in [-0.05, 0) is 18.6 Å². The quantitative estimate of drug-likeness (QED) is 0.904. The molecule has 1 N–H and O–H groups in total. The van der Waals surface area contributed by atoms with E-state index in [1.54, 1.807) is 16.6 Å². The van der Waals surface area contributed by atoms with E-state index in [9.17, 15) is 9.59 Å². The van der Waals surface area contributed by atoms with Crippen molar-refractivity contribution in [1.82, 2.24) is 19.2 Å². The highest BCUT2D eigenvalue weighted by atomic mass is 16.4. The highest BCUT2D eigenvalue weighted by molar-refractivity contribution is 5.97. The van der Waals surface area contributed by atoms with Gasteiger partial charge in [-0.3, -0.25) is 14.3 Å². The lowest BCUT2D eigenvalue weighted by Crippen LogP contribution is -2.30. The van der Waals surface area contributed by atoms with Crippen LogP contribution in [0.25, 0.3) is 5.82 Å². The molecular weight excluding hydrogens is 272 g/mol. The van der Waals surface area contributed by atoms with Crippen molar-refractivity contribution in [2.45, 2.75) is 6.42 Å². The number of carboxylic acids is 1. The lowest BCUT2D eigenvalue weighted by molar-refractivity contribution is -0.141. The van der Waals surface area contributed by atoms with Gasteiger partial charge in [0.1, 0.15) is 11.4 Å². The average Bonchev–Trinajstić information content (AvgIpc) is 3.17. The first kappa shape index (κ1) is 13.4. The molecule has 1 saturated heterocycles. The van der Waals surface area contributed by atoms with Gasteiger partial charge >= 0.3 is 5.97 Å². The molecule has 0 spiro atoms. The molecule has 1 unspecified atom stereocenters. The molecule has 3 rings (SSSR count). The first-order valence-electron chi connectivity index (χ1n) is 6.75. The van der Waals surface area contributed by atoms with Gasteiger partial charge in [0.2, 0.25) is 0 Å². The van der Waals surface area contributed by atoms with Crippen LogP contribution in [-0.2, 0) is 11.8 Å². The van der Waals surface area contributed by atoms with Crippen LogP contribution in [0.15, 0.2) is 30.7 Å². The number of amides is 1. The molecule has 21 heavy (non-hydrogen) atoms. The summed E-state index contributed by atoms with van der Waals surface area (Å²) >= 11 is 0. The summed E-state index contributed by atoms with van der Waals surface area (Å²) in [6.45, 7) is 0.726. The highest BCUT2D eigenvalue weighted by Gasteiger charge is 2.33. The molecular formula is C14H16N4O3. The number of rotatable bonds is 3. The number of aliphatic carboxylic acids is 1. The summed E-state index contributed by atoms with van der Waals surface area (Å²) in [5.41, 5.74) is 0.486. The number of carbonyl (C=O) groups is 2. The van der Waals surface area contributed by atoms with Crippen LogP contribution >= 0.6 is 0 Å². The maximum Gasteiger partial charge on any atom is 0.308 e. The van der Waals surface area contributed by atoms with Crippen LogP contribution in [0.1, 0.15) is 16.8 Å². The van der Waals surface area contributed by atoms with Crippen LogP contribution in [0.5, 0.6) is 0 Å². The number of nitrogens with zero attached hydrogens (tertiary/aromatic N) is 4. The smallest absolute Gasteiger partial charge is 0.308 e. The monoisotopic (exact) mass is 288 g/mol. The van der Waals surface area contributed by atoms with Gasteiger partial charge in [-0.2, -0.15) is 5.10 Å². The second-order valence-electron chi connectivity index (χ2n) is 5.17. The van der Waals surface area contributed by atoms with E-state index in [4.69, 9.17) is 5.11 Å². The van der Waals surface area contributed by atoms with E-state index in [1.165, 1.54) is 6.20 Å². The molecule has 1 amide bonds. The van der Waals surface area contributed by atoms with Crippen molar-refractivity contribution in [3.8, 4) is 5.82 Å². The first-order chi connectivity index (χ1) is 10.1. The number of carboxylic acid groups (broad SMARTS) is 1. The van der Waals surface area contributed by atoms with Gasteiger partial charge < -0.3 is 14.6 Å². The number of hydrogen-bond acceptors (Lipinski definition) is 3. The molecule has 2 aromatic heterocycles. The number of aryl methyl sites for hydroxylation is 1. The van der Waals surface area contributed by atoms with Crippen LogP contribution in [0, 0.1) is 5.92 Å². The van der Waals surface area contributed by atoms with Crippen molar-refractivity contribution < 1.29 is 14.7 Å². The number of likely N-dealkylation sites (tertiary alicyclic amines) is 1. The predicted octanol–water partition coefficient (Wildman–Crippen LogP) is 0.757. The van der Waals surface area contributed by atoms with Crippen molar-refractivity contribution in [3.05, 3.63) is 36.3 Å². The second-order valence-corrected chi connectivity index (χ2v) is 5.17. The van der Waals surface area contributed by atoms with Crippen molar-refractivity contribution in [2.24, 2.45) is 13.0 Å². The number of aromatic nitrogens is 3. The summed E-state index contributed by atoms with van der Waals surface area (Å²) in [6, 6.07) is 3.75. The van der Waals surface area contributed by atoms with E-state index in [2.05, 4.69) is 5.10 Å². The highest BCUT2D eigenvalue weighted by Crippen LogP contribution is 2.22. The Labute approximate surface area is 121 Å². The Bertz CT molecular complexity index is 674. The molecule has 1 atom stereocenters. The molecule has 0 saturated carbocycles. The van der Waals surface area contributed by atoms with Crippen molar-refractivity contribution in [3.63, 3.8) is 0 Å². The largest absolute Gasteiger partial charge is 0.481 e. The topological polar surface area (TPSA) is 80.4 Å². The van der Waals surface area contributed by atoms with E-state index in [0.717, 1.165) is 0 Å². The van der Waals surface area contributed by atoms with Gasteiger partial charge in [-0.1, -0.05) is 0 Å². The summed E-state index contributed by atoms with van der Waals surface area (Å²) in [6.07, 6.45) is 5.72. The lowest BCUT2D eigenvalue weighted by atomic mass is 10.1. The van der Waals surface area contributed by atoms with Crippen LogP contribution in [0.3, 0.4) is 0 Å². The summed E-state index contributed by atoms with van der Waals surface area (Å²) in [5, 5.41) is 13.2. The third-order valence-electron chi connectivity index (χ3n) is 3.81. The molecule has 0 radical (unpaired) electrons. The van der Waals surface area contributed by atoms with Crippen LogP contribution < -0.4 is 0 Å². The minimum atomic E-state index is -0.845. The first-order valence-corrected chi connectivity index (χ1v) is 6.75. The Balaban J connectivity index is 1.88. The zero-order valence-corrected chi connectivity index (χ0v) is 11.6. The molecule has 7 heteroatoms. The standard InChI is InChI=1S/C14H16N4O3/c1-16-12(17-5-2-3-6-17)11(8-15-16)13(19)18-7-4-10(9-18)14(20)21/h2-3,5-6,8,10H,4,7,9H2,1H3,(H,20,21). The molecule has 0 bridgehead atoms. The Kier molecular flexibility index (Phi) is 3.25. The Morgan fingerprint density at radius 3 is 2.67 bits per heavy atom. The molecule has 7 nitrogen and oxygen atoms in total. The maximum atomic E-state index is 12.6. The number of carbonyl (C=O) groups excluding carboxylic acids is 1. The summed E-state index contributed by atoms with van der Waals surface area (Å²) < 4.78 is 3.46. The van der Waals surface area contributed by atoms with Crippen molar-refractivity contribution in [2.75, 3.05) is 13.1 Å². The molecule has 3 heterocycles. The van der Waals surface area contributed by atoms with E-state index in [0.29, 0.717) is 24.3 Å². The van der Waals surface area contributed by atoms with E-state index >= 15 is 0 Å². The molecule has 0 aromatic carbocycles. The zero-order valence-electron chi connectivity index (χ0n) is 11.6. The van der Waals surface area contributed by atoms with Gasteiger partial charge in [0, 0.05) is 32.5 Å². The molecule has 1 aliphatic heterocycles. The Morgan fingerprint density at radius 2 is 2.05 bits per heavy atom. The van der Waals surface area contributed by atoms with Crippen molar-refractivity contribution >= 4 is 11.9 Å². The fourth-order valence-corrected chi connectivity index (χ4v) is 2.68. The average molecular weight is 288 g/mol. The van der Waals surface area contributed by atoms with Crippen molar-refractivity contribution in [1.29, 1.82) is 0 Å². The summed E-state index contributed by atoms with van der Waals surface area (Å²) in [7, 11) is 1.77. The van der Waals surface area contributed by atoms with Gasteiger partial charge in [-0.15, -0.1) is 0 Å².